The van der Waals surface area contributed by atoms with Crippen molar-refractivity contribution < 1.29 is 33.3 Å². The number of ether oxygens (including phenoxy) is 4. The Kier molecular flexibility index (Phi) is 8.53. The van der Waals surface area contributed by atoms with E-state index in [-0.39, 0.29) is 28.7 Å². The topological polar surface area (TPSA) is 126 Å². The molecule has 1 heterocycles. The number of anilines is 2. The van der Waals surface area contributed by atoms with Crippen molar-refractivity contribution in [2.24, 2.45) is 0 Å². The van der Waals surface area contributed by atoms with E-state index in [1.165, 1.54) is 31.5 Å². The van der Waals surface area contributed by atoms with Crippen LogP contribution in [0.4, 0.5) is 11.5 Å². The van der Waals surface area contributed by atoms with Gasteiger partial charge in [-0.3, -0.25) is 14.4 Å². The predicted octanol–water partition coefficient (Wildman–Crippen LogP) is 6.65. The highest BCUT2D eigenvalue weighted by atomic mass is 16.5. The molecule has 0 saturated heterocycles. The van der Waals surface area contributed by atoms with E-state index in [0.717, 1.165) is 10.8 Å². The molecule has 230 valence electrons. The van der Waals surface area contributed by atoms with E-state index in [9.17, 15) is 14.4 Å². The molecule has 0 amide bonds. The minimum atomic E-state index is -0.356. The maximum atomic E-state index is 13.0. The average molecular weight is 616 g/mol. The van der Waals surface area contributed by atoms with E-state index in [1.54, 1.807) is 50.6 Å². The van der Waals surface area contributed by atoms with Crippen molar-refractivity contribution in [2.45, 2.75) is 6.92 Å². The van der Waals surface area contributed by atoms with E-state index in [2.05, 4.69) is 15.3 Å². The second-order valence-electron chi connectivity index (χ2n) is 10.4. The Morgan fingerprint density at radius 3 is 2.46 bits per heavy atom. The summed E-state index contributed by atoms with van der Waals surface area (Å²) in [5.74, 6) is 1.24. The first-order chi connectivity index (χ1) is 22.4. The lowest BCUT2D eigenvalue weighted by Crippen LogP contribution is -2.09. The predicted molar refractivity (Wildman–Crippen MR) is 174 cm³/mol. The molecule has 10 heteroatoms. The van der Waals surface area contributed by atoms with Crippen molar-refractivity contribution >= 4 is 56.1 Å². The first kappa shape index (κ1) is 30.2. The minimum absolute atomic E-state index is 0.156. The number of carbonyl (C=O) groups excluding carboxylic acids is 3. The number of aromatic nitrogens is 2. The molecule has 1 aliphatic carbocycles. The molecule has 1 aliphatic rings. The summed E-state index contributed by atoms with van der Waals surface area (Å²) in [5.41, 5.74) is 2.10. The number of Topliss-reactive ketones (excluding diaryl/α,β-unsaturated/α-hetero) is 1. The highest BCUT2D eigenvalue weighted by molar-refractivity contribution is 6.34. The molecule has 0 aliphatic heterocycles. The van der Waals surface area contributed by atoms with Crippen LogP contribution in [0.1, 0.15) is 22.8 Å². The molecule has 0 saturated carbocycles. The maximum Gasteiger partial charge on any atom is 0.186 e. The van der Waals surface area contributed by atoms with Gasteiger partial charge in [-0.05, 0) is 66.3 Å². The molecule has 0 bridgehead atoms. The van der Waals surface area contributed by atoms with Crippen molar-refractivity contribution in [2.75, 3.05) is 32.8 Å². The van der Waals surface area contributed by atoms with Crippen LogP contribution in [0.5, 0.6) is 23.0 Å². The van der Waals surface area contributed by atoms with Crippen LogP contribution in [0.3, 0.4) is 0 Å². The number of nitrogens with zero attached hydrogens (tertiary/aromatic N) is 2. The maximum absolute atomic E-state index is 13.0. The van der Waals surface area contributed by atoms with E-state index in [1.807, 2.05) is 30.3 Å². The van der Waals surface area contributed by atoms with Gasteiger partial charge in [-0.25, -0.2) is 9.97 Å². The summed E-state index contributed by atoms with van der Waals surface area (Å²) in [5, 5.41) is 5.60. The quantitative estimate of drug-likeness (QED) is 0.0981. The van der Waals surface area contributed by atoms with Crippen molar-refractivity contribution in [3.63, 3.8) is 0 Å². The van der Waals surface area contributed by atoms with Gasteiger partial charge in [0.2, 0.25) is 0 Å². The number of ketones is 3. The zero-order chi connectivity index (χ0) is 32.2. The SMILES string of the molecule is COCCOc1cc2ncnc(Nc3ccc(Oc4ccc5ccccc5c4C(C)=O)c(C4=CC(=O)C=CC4=O)c3)c2cc1OC. The molecule has 1 N–H and O–H groups in total. The monoisotopic (exact) mass is 615 g/mol. The van der Waals surface area contributed by atoms with Crippen molar-refractivity contribution in [3.05, 3.63) is 102 Å². The van der Waals surface area contributed by atoms with Gasteiger partial charge in [-0.15, -0.1) is 0 Å². The Bertz CT molecular complexity index is 2080. The van der Waals surface area contributed by atoms with Gasteiger partial charge in [0.05, 0.1) is 24.8 Å². The van der Waals surface area contributed by atoms with Crippen LogP contribution in [-0.2, 0) is 14.3 Å². The summed E-state index contributed by atoms with van der Waals surface area (Å²) in [6.45, 7) is 2.23. The Morgan fingerprint density at radius 1 is 0.826 bits per heavy atom. The third-order valence-corrected chi connectivity index (χ3v) is 7.41. The number of allylic oxidation sites excluding steroid dienone is 4. The molecule has 0 fully saturated rings. The number of rotatable bonds is 11. The van der Waals surface area contributed by atoms with Gasteiger partial charge >= 0.3 is 0 Å². The molecular weight excluding hydrogens is 586 g/mol. The van der Waals surface area contributed by atoms with Gasteiger partial charge in [-0.2, -0.15) is 0 Å². The second-order valence-corrected chi connectivity index (χ2v) is 10.4. The smallest absolute Gasteiger partial charge is 0.186 e. The zero-order valence-electron chi connectivity index (χ0n) is 25.3. The third-order valence-electron chi connectivity index (χ3n) is 7.41. The lowest BCUT2D eigenvalue weighted by molar-refractivity contribution is -0.113. The molecular formula is C36H29N3O7. The van der Waals surface area contributed by atoms with Crippen LogP contribution < -0.4 is 19.5 Å². The molecule has 0 atom stereocenters. The van der Waals surface area contributed by atoms with Crippen LogP contribution in [0.15, 0.2) is 91.3 Å². The van der Waals surface area contributed by atoms with Gasteiger partial charge in [0.1, 0.15) is 30.3 Å². The van der Waals surface area contributed by atoms with E-state index >= 15 is 0 Å². The zero-order valence-corrected chi connectivity index (χ0v) is 25.3. The lowest BCUT2D eigenvalue weighted by Gasteiger charge is -2.18. The van der Waals surface area contributed by atoms with Gasteiger partial charge in [-0.1, -0.05) is 30.3 Å². The fourth-order valence-corrected chi connectivity index (χ4v) is 5.25. The molecule has 6 rings (SSSR count). The van der Waals surface area contributed by atoms with Crippen LogP contribution in [0, 0.1) is 0 Å². The highest BCUT2D eigenvalue weighted by Gasteiger charge is 2.22. The summed E-state index contributed by atoms with van der Waals surface area (Å²) in [4.78, 5) is 47.1. The highest BCUT2D eigenvalue weighted by Crippen LogP contribution is 2.39. The summed E-state index contributed by atoms with van der Waals surface area (Å²) in [6, 6.07) is 19.8. The Morgan fingerprint density at radius 2 is 1.65 bits per heavy atom. The molecule has 5 aromatic rings. The Hall–Kier alpha value is -5.87. The Labute approximate surface area is 264 Å². The van der Waals surface area contributed by atoms with E-state index < -0.39 is 0 Å². The lowest BCUT2D eigenvalue weighted by atomic mass is 9.95. The number of methoxy groups -OCH3 is 2. The number of hydrogen-bond donors (Lipinski definition) is 1. The summed E-state index contributed by atoms with van der Waals surface area (Å²) in [6.07, 6.45) is 5.15. The number of hydrogen-bond acceptors (Lipinski definition) is 10. The molecule has 0 spiro atoms. The standard InChI is InChI=1S/C36H29N3O7/c1-21(40)35-25-7-5-4-6-22(25)8-12-32(35)46-31-13-9-23(16-27(31)26-17-24(41)10-11-30(26)42)39-36-28-18-33(44-3)34(45-15-14-43-2)19-29(28)37-20-38-36/h4-13,16-20H,14-15H2,1-3H3,(H,37,38,39). The Balaban J connectivity index is 1.42. The second kappa shape index (κ2) is 13.0. The van der Waals surface area contributed by atoms with Crippen LogP contribution in [0.2, 0.25) is 0 Å². The fraction of sp³-hybridized carbons (Fsp3) is 0.139. The summed E-state index contributed by atoms with van der Waals surface area (Å²) >= 11 is 0. The van der Waals surface area contributed by atoms with Gasteiger partial charge in [0.25, 0.3) is 0 Å². The molecule has 1 aromatic heterocycles. The van der Waals surface area contributed by atoms with Crippen molar-refractivity contribution in [3.8, 4) is 23.0 Å². The van der Waals surface area contributed by atoms with Gasteiger partial charge in [0.15, 0.2) is 28.8 Å². The number of nitrogens with one attached hydrogen (secondary N) is 1. The largest absolute Gasteiger partial charge is 0.493 e. The van der Waals surface area contributed by atoms with Gasteiger partial charge in [0, 0.05) is 35.4 Å². The fourth-order valence-electron chi connectivity index (χ4n) is 5.25. The molecule has 0 radical (unpaired) electrons. The number of fused-ring (bicyclic) bond motifs is 2. The van der Waals surface area contributed by atoms with Crippen LogP contribution >= 0.6 is 0 Å². The summed E-state index contributed by atoms with van der Waals surface area (Å²) in [7, 11) is 3.14. The van der Waals surface area contributed by atoms with Gasteiger partial charge < -0.3 is 24.3 Å². The molecule has 0 unspecified atom stereocenters. The average Bonchev–Trinajstić information content (AvgIpc) is 3.06. The van der Waals surface area contributed by atoms with Crippen LogP contribution in [0.25, 0.3) is 27.2 Å². The third kappa shape index (κ3) is 6.06. The first-order valence-electron chi connectivity index (χ1n) is 14.4. The van der Waals surface area contributed by atoms with Crippen molar-refractivity contribution in [1.82, 2.24) is 9.97 Å². The molecule has 10 nitrogen and oxygen atoms in total. The normalized spacial score (nSPS) is 12.7. The first-order valence-corrected chi connectivity index (χ1v) is 14.4. The molecule has 4 aromatic carbocycles. The summed E-state index contributed by atoms with van der Waals surface area (Å²) < 4.78 is 22.8. The van der Waals surface area contributed by atoms with Crippen LogP contribution in [-0.4, -0.2) is 54.8 Å². The molecule has 46 heavy (non-hydrogen) atoms. The van der Waals surface area contributed by atoms with E-state index in [0.29, 0.717) is 64.0 Å². The minimum Gasteiger partial charge on any atom is -0.493 e. The van der Waals surface area contributed by atoms with Crippen molar-refractivity contribution in [1.29, 1.82) is 0 Å². The number of benzene rings is 4. The number of carbonyl (C=O) groups is 3. The van der Waals surface area contributed by atoms with E-state index in [4.69, 9.17) is 18.9 Å².